The molecule has 0 spiro atoms. The van der Waals surface area contributed by atoms with Crippen molar-refractivity contribution in [2.45, 2.75) is 64.8 Å². The van der Waals surface area contributed by atoms with Gasteiger partial charge in [0.1, 0.15) is 18.4 Å². The minimum absolute atomic E-state index is 0.0443. The number of rotatable bonds is 13. The lowest BCUT2D eigenvalue weighted by atomic mass is 9.98. The van der Waals surface area contributed by atoms with Crippen molar-refractivity contribution in [3.05, 3.63) is 38.4 Å². The lowest BCUT2D eigenvalue weighted by Gasteiger charge is -2.44. The maximum atomic E-state index is 11.9. The van der Waals surface area contributed by atoms with E-state index in [4.69, 9.17) is 28.4 Å². The van der Waals surface area contributed by atoms with Crippen molar-refractivity contribution in [3.8, 4) is 0 Å². The van der Waals surface area contributed by atoms with Crippen molar-refractivity contribution in [1.29, 1.82) is 0 Å². The van der Waals surface area contributed by atoms with Crippen LogP contribution in [-0.2, 0) is 47.6 Å². The predicted octanol–water partition coefficient (Wildman–Crippen LogP) is 1.40. The van der Waals surface area contributed by atoms with Gasteiger partial charge < -0.3 is 33.7 Å². The molecule has 1 aliphatic heterocycles. The fourth-order valence-electron chi connectivity index (χ4n) is 3.75. The van der Waals surface area contributed by atoms with Gasteiger partial charge in [0.2, 0.25) is 0 Å². The molecule has 0 bridgehead atoms. The molecule has 1 saturated heterocycles. The van der Waals surface area contributed by atoms with Crippen molar-refractivity contribution < 1.29 is 57.4 Å². The highest BCUT2D eigenvalue weighted by Crippen LogP contribution is 2.31. The molecule has 1 fully saturated rings. The lowest BCUT2D eigenvalue weighted by Crippen LogP contribution is -2.63. The first-order valence-corrected chi connectivity index (χ1v) is 11.9. The first kappa shape index (κ1) is 31.8. The van der Waals surface area contributed by atoms with E-state index < -0.39 is 82.4 Å². The van der Waals surface area contributed by atoms with E-state index in [0.29, 0.717) is 0 Å². The lowest BCUT2D eigenvalue weighted by molar-refractivity contribution is -0.393. The van der Waals surface area contributed by atoms with Gasteiger partial charge in [-0.25, -0.2) is 0 Å². The van der Waals surface area contributed by atoms with Gasteiger partial charge in [-0.15, -0.1) is 0 Å². The summed E-state index contributed by atoms with van der Waals surface area (Å²) in [7, 11) is 0. The van der Waals surface area contributed by atoms with E-state index in [1.807, 2.05) is 0 Å². The van der Waals surface area contributed by atoms with Gasteiger partial charge in [0.15, 0.2) is 24.6 Å². The van der Waals surface area contributed by atoms with Crippen LogP contribution in [0.4, 0.5) is 17.1 Å². The third-order valence-corrected chi connectivity index (χ3v) is 5.26. The molecule has 17 heteroatoms. The molecule has 1 aliphatic rings. The number of nitrogens with zero attached hydrogens (tertiary/aromatic N) is 2. The van der Waals surface area contributed by atoms with Crippen LogP contribution in [0.1, 0.15) is 34.1 Å². The van der Waals surface area contributed by atoms with Crippen molar-refractivity contribution in [2.24, 2.45) is 0 Å². The average Bonchev–Trinajstić information content (AvgIpc) is 2.84. The van der Waals surface area contributed by atoms with Crippen LogP contribution in [0.3, 0.4) is 0 Å². The number of esters is 4. The van der Waals surface area contributed by atoms with Crippen molar-refractivity contribution >= 4 is 40.9 Å². The van der Waals surface area contributed by atoms with E-state index in [1.165, 1.54) is 6.07 Å². The van der Waals surface area contributed by atoms with Gasteiger partial charge >= 0.3 is 23.9 Å². The Hall–Kier alpha value is -4.38. The molecule has 0 aliphatic carbocycles. The van der Waals surface area contributed by atoms with Crippen LogP contribution in [0.15, 0.2) is 18.2 Å². The zero-order valence-corrected chi connectivity index (χ0v) is 22.1. The van der Waals surface area contributed by atoms with Crippen molar-refractivity contribution in [1.82, 2.24) is 0 Å². The Morgan fingerprint density at radius 2 is 1.48 bits per heavy atom. The monoisotopic (exact) mass is 571 g/mol. The van der Waals surface area contributed by atoms with Crippen LogP contribution < -0.4 is 5.32 Å². The van der Waals surface area contributed by atoms with E-state index in [9.17, 15) is 39.4 Å². The quantitative estimate of drug-likeness (QED) is 0.116. The second-order valence-corrected chi connectivity index (χ2v) is 8.43. The average molecular weight is 571 g/mol. The van der Waals surface area contributed by atoms with E-state index >= 15 is 0 Å². The van der Waals surface area contributed by atoms with Crippen LogP contribution in [0.5, 0.6) is 0 Å². The Morgan fingerprint density at radius 1 is 0.875 bits per heavy atom. The molecule has 220 valence electrons. The second-order valence-electron chi connectivity index (χ2n) is 8.43. The molecule has 0 amide bonds. The number of nitro benzene ring substituents is 2. The van der Waals surface area contributed by atoms with E-state index in [0.717, 1.165) is 39.8 Å². The van der Waals surface area contributed by atoms with Crippen LogP contribution in [0.25, 0.3) is 0 Å². The zero-order valence-electron chi connectivity index (χ0n) is 22.1. The maximum Gasteiger partial charge on any atom is 0.303 e. The first-order valence-electron chi connectivity index (χ1n) is 11.9. The minimum Gasteiger partial charge on any atom is -0.463 e. The van der Waals surface area contributed by atoms with Crippen molar-refractivity contribution in [2.75, 3.05) is 25.1 Å². The van der Waals surface area contributed by atoms with Gasteiger partial charge in [0.05, 0.1) is 22.5 Å². The minimum atomic E-state index is -1.39. The SMILES string of the molecule is CC(=O)OC[C@H]1O[C@@H](OCCCNc2ccc([N+](=O)[O-])cc2[N+](=O)[O-])[C@H](OC(C)=O)[C@@H](OC(C)=O)[C@@H]1OC(C)=O. The van der Waals surface area contributed by atoms with Gasteiger partial charge in [0.25, 0.3) is 11.4 Å². The summed E-state index contributed by atoms with van der Waals surface area (Å²) in [5, 5.41) is 25.0. The standard InChI is InChI=1S/C23H29N3O14/c1-12(27)36-11-19-20(37-13(2)28)21(38-14(3)29)22(39-15(4)30)23(40-19)35-9-5-8-24-17-7-6-16(25(31)32)10-18(17)26(33)34/h6-7,10,19-24H,5,8-9,11H2,1-4H3/t19-,20-,21+,22-,23-/m1/s1. The highest BCUT2D eigenvalue weighted by atomic mass is 16.7. The highest BCUT2D eigenvalue weighted by molar-refractivity contribution is 5.69. The van der Waals surface area contributed by atoms with Crippen molar-refractivity contribution in [3.63, 3.8) is 0 Å². The Labute approximate surface area is 227 Å². The number of hydrogen-bond donors (Lipinski definition) is 1. The Morgan fingerprint density at radius 3 is 2.02 bits per heavy atom. The number of anilines is 1. The summed E-state index contributed by atoms with van der Waals surface area (Å²) in [5.74, 6) is -3.02. The number of carbonyl (C=O) groups is 4. The van der Waals surface area contributed by atoms with E-state index in [2.05, 4.69) is 5.32 Å². The third kappa shape index (κ3) is 9.42. The fourth-order valence-corrected chi connectivity index (χ4v) is 3.75. The van der Waals surface area contributed by atoms with Crippen LogP contribution in [0, 0.1) is 20.2 Å². The summed E-state index contributed by atoms with van der Waals surface area (Å²) in [4.78, 5) is 67.6. The van der Waals surface area contributed by atoms with Gasteiger partial charge in [-0.3, -0.25) is 39.4 Å². The summed E-state index contributed by atoms with van der Waals surface area (Å²) in [6.45, 7) is 4.04. The van der Waals surface area contributed by atoms with Gasteiger partial charge in [-0.2, -0.15) is 0 Å². The Bertz CT molecular complexity index is 1130. The number of non-ortho nitro benzene ring substituents is 1. The number of benzene rings is 1. The number of hydrogen-bond acceptors (Lipinski definition) is 15. The van der Waals surface area contributed by atoms with Gasteiger partial charge in [-0.05, 0) is 12.5 Å². The molecule has 17 nitrogen and oxygen atoms in total. The van der Waals surface area contributed by atoms with Gasteiger partial charge in [-0.1, -0.05) is 0 Å². The van der Waals surface area contributed by atoms with Crippen LogP contribution >= 0.6 is 0 Å². The largest absolute Gasteiger partial charge is 0.463 e. The molecule has 0 saturated carbocycles. The molecule has 1 heterocycles. The number of nitro groups is 2. The van der Waals surface area contributed by atoms with Gasteiger partial charge in [0, 0.05) is 40.3 Å². The Balaban J connectivity index is 2.17. The smallest absolute Gasteiger partial charge is 0.303 e. The zero-order chi connectivity index (χ0) is 30.0. The first-order chi connectivity index (χ1) is 18.8. The Kier molecular flexibility index (Phi) is 11.7. The third-order valence-electron chi connectivity index (χ3n) is 5.26. The molecule has 40 heavy (non-hydrogen) atoms. The summed E-state index contributed by atoms with van der Waals surface area (Å²) in [6, 6.07) is 3.15. The summed E-state index contributed by atoms with van der Waals surface area (Å²) >= 11 is 0. The molecule has 0 unspecified atom stereocenters. The van der Waals surface area contributed by atoms with E-state index in [1.54, 1.807) is 0 Å². The molecule has 5 atom stereocenters. The fraction of sp³-hybridized carbons (Fsp3) is 0.565. The molecule has 1 aromatic rings. The molecule has 1 N–H and O–H groups in total. The molecular formula is C23H29N3O14. The molecule has 0 aromatic heterocycles. The molecule has 1 aromatic carbocycles. The molecule has 2 rings (SSSR count). The molecule has 0 radical (unpaired) electrons. The summed E-state index contributed by atoms with van der Waals surface area (Å²) in [6.07, 6.45) is -6.42. The summed E-state index contributed by atoms with van der Waals surface area (Å²) < 4.78 is 32.4. The van der Waals surface area contributed by atoms with Crippen LogP contribution in [0.2, 0.25) is 0 Å². The predicted molar refractivity (Wildman–Crippen MR) is 131 cm³/mol. The maximum absolute atomic E-state index is 11.9. The topological polar surface area (TPSA) is 222 Å². The normalized spacial score (nSPS) is 21.9. The summed E-state index contributed by atoms with van der Waals surface area (Å²) in [5.41, 5.74) is -0.887. The highest BCUT2D eigenvalue weighted by Gasteiger charge is 2.52. The second kappa shape index (κ2) is 14.7. The number of ether oxygens (including phenoxy) is 6. The molecular weight excluding hydrogens is 542 g/mol. The van der Waals surface area contributed by atoms with E-state index in [-0.39, 0.29) is 25.3 Å². The number of carbonyl (C=O) groups excluding carboxylic acids is 4. The van der Waals surface area contributed by atoms with Crippen LogP contribution in [-0.4, -0.2) is 84.2 Å². The number of nitrogens with one attached hydrogen (secondary N) is 1.